The summed E-state index contributed by atoms with van der Waals surface area (Å²) in [5.41, 5.74) is 6.97. The third kappa shape index (κ3) is 3.72. The van der Waals surface area contributed by atoms with Gasteiger partial charge in [-0.2, -0.15) is 0 Å². The number of hydrogen-bond acceptors (Lipinski definition) is 5. The Morgan fingerprint density at radius 3 is 2.72 bits per heavy atom. The zero-order valence-corrected chi connectivity index (χ0v) is 14.7. The number of alkyl halides is 1. The average molecular weight is 383 g/mol. The van der Waals surface area contributed by atoms with Gasteiger partial charge in [-0.25, -0.2) is 19.2 Å². The van der Waals surface area contributed by atoms with Crippen molar-refractivity contribution in [1.29, 1.82) is 4.78 Å². The molecule has 1 atom stereocenters. The molecule has 7 nitrogen and oxygen atoms in total. The number of aromatic amines is 1. The fourth-order valence-electron chi connectivity index (χ4n) is 2.35. The van der Waals surface area contributed by atoms with Crippen LogP contribution >= 0.6 is 11.6 Å². The maximum absolute atomic E-state index is 13.1. The molecule has 0 radical (unpaired) electrons. The molecule has 10 heteroatoms. The monoisotopic (exact) mass is 382 g/mol. The van der Waals surface area contributed by atoms with E-state index in [-0.39, 0.29) is 29.0 Å². The molecule has 0 bridgehead atoms. The van der Waals surface area contributed by atoms with Crippen LogP contribution in [0.2, 0.25) is 0 Å². The summed E-state index contributed by atoms with van der Waals surface area (Å²) in [5, 5.41) is 0.280. The van der Waals surface area contributed by atoms with E-state index >= 15 is 0 Å². The summed E-state index contributed by atoms with van der Waals surface area (Å²) in [6.45, 7) is 0.211. The van der Waals surface area contributed by atoms with Crippen LogP contribution in [0.15, 0.2) is 34.2 Å². The first-order valence-electron chi connectivity index (χ1n) is 7.48. The van der Waals surface area contributed by atoms with Crippen LogP contribution in [0.4, 0.5) is 10.2 Å². The minimum Gasteiger partial charge on any atom is -0.382 e. The normalized spacial score (nSPS) is 12.6. The average Bonchev–Trinajstić information content (AvgIpc) is 2.91. The number of nitrogen functional groups attached to an aromatic ring is 1. The molecule has 1 aromatic carbocycles. The molecule has 2 aromatic heterocycles. The van der Waals surface area contributed by atoms with Crippen LogP contribution in [0.25, 0.3) is 11.2 Å². The van der Waals surface area contributed by atoms with Crippen LogP contribution in [0.1, 0.15) is 12.0 Å². The molecule has 4 N–H and O–H groups in total. The lowest BCUT2D eigenvalue weighted by Gasteiger charge is -2.07. The molecule has 25 heavy (non-hydrogen) atoms. The van der Waals surface area contributed by atoms with Crippen LogP contribution in [0.3, 0.4) is 0 Å². The lowest BCUT2D eigenvalue weighted by Crippen LogP contribution is -2.18. The Balaban J connectivity index is 2.04. The van der Waals surface area contributed by atoms with Gasteiger partial charge < -0.3 is 10.7 Å². The molecule has 0 saturated heterocycles. The highest BCUT2D eigenvalue weighted by Crippen LogP contribution is 2.17. The molecular weight excluding hydrogens is 367 g/mol. The molecule has 3 rings (SSSR count). The van der Waals surface area contributed by atoms with Gasteiger partial charge in [-0.3, -0.25) is 9.35 Å². The number of rotatable bonds is 6. The Labute approximate surface area is 149 Å². The van der Waals surface area contributed by atoms with Gasteiger partial charge in [-0.1, -0.05) is 12.1 Å². The lowest BCUT2D eigenvalue weighted by molar-refractivity contribution is 0.626. The quantitative estimate of drug-likeness (QED) is 0.448. The molecule has 0 aliphatic carbocycles. The number of anilines is 1. The number of nitrogens with one attached hydrogen (secondary N) is 2. The first-order valence-corrected chi connectivity index (χ1v) is 9.41. The van der Waals surface area contributed by atoms with E-state index in [1.165, 1.54) is 16.7 Å². The van der Waals surface area contributed by atoms with Gasteiger partial charge in [0.25, 0.3) is 0 Å². The molecule has 2 heterocycles. The second-order valence-electron chi connectivity index (χ2n) is 5.37. The molecule has 0 fully saturated rings. The largest absolute Gasteiger partial charge is 0.382 e. The van der Waals surface area contributed by atoms with E-state index in [1.54, 1.807) is 12.1 Å². The van der Waals surface area contributed by atoms with E-state index in [4.69, 9.17) is 22.1 Å². The first kappa shape index (κ1) is 17.6. The Morgan fingerprint density at radius 2 is 2.04 bits per heavy atom. The van der Waals surface area contributed by atoms with Crippen molar-refractivity contribution in [2.24, 2.45) is 0 Å². The van der Waals surface area contributed by atoms with E-state index in [1.807, 2.05) is 0 Å². The van der Waals surface area contributed by atoms with Crippen molar-refractivity contribution >= 4 is 39.3 Å². The second kappa shape index (κ2) is 7.32. The number of nitrogens with zero attached hydrogens (tertiary/aromatic N) is 3. The maximum atomic E-state index is 13.1. The van der Waals surface area contributed by atoms with E-state index in [0.29, 0.717) is 29.2 Å². The highest BCUT2D eigenvalue weighted by Gasteiger charge is 2.15. The van der Waals surface area contributed by atoms with E-state index in [9.17, 15) is 9.18 Å². The van der Waals surface area contributed by atoms with Crippen LogP contribution in [-0.2, 0) is 17.2 Å². The van der Waals surface area contributed by atoms with Crippen LogP contribution in [0, 0.1) is 10.6 Å². The molecule has 3 aromatic rings. The smallest absolute Gasteiger partial charge is 0.328 e. The highest BCUT2D eigenvalue weighted by molar-refractivity contribution is 7.85. The zero-order chi connectivity index (χ0) is 18.0. The minimum absolute atomic E-state index is 0.130. The Hall–Kier alpha value is -2.26. The highest BCUT2D eigenvalue weighted by atomic mass is 35.5. The molecular formula is C15H16ClFN6OS. The van der Waals surface area contributed by atoms with Gasteiger partial charge in [0.15, 0.2) is 11.5 Å². The SMILES string of the molecule is N=S(CCCCl)c1nc(N)c2[nH]c(=O)n(Cc3ccc(F)cc3)c2n1. The van der Waals surface area contributed by atoms with Crippen molar-refractivity contribution in [3.63, 3.8) is 0 Å². The topological polar surface area (TPSA) is 113 Å². The molecule has 0 spiro atoms. The van der Waals surface area contributed by atoms with Gasteiger partial charge in [0.1, 0.15) is 11.3 Å². The summed E-state index contributed by atoms with van der Waals surface area (Å²) < 4.78 is 22.6. The molecule has 0 saturated carbocycles. The van der Waals surface area contributed by atoms with Crippen LogP contribution < -0.4 is 11.4 Å². The summed E-state index contributed by atoms with van der Waals surface area (Å²) in [6.07, 6.45) is 0.672. The molecule has 0 amide bonds. The Kier molecular flexibility index (Phi) is 5.14. The van der Waals surface area contributed by atoms with Gasteiger partial charge in [0, 0.05) is 11.6 Å². The third-order valence-corrected chi connectivity index (χ3v) is 5.17. The van der Waals surface area contributed by atoms with Crippen LogP contribution in [0.5, 0.6) is 0 Å². The number of H-pyrrole nitrogens is 1. The van der Waals surface area contributed by atoms with Crippen molar-refractivity contribution in [2.45, 2.75) is 18.1 Å². The molecule has 0 aliphatic rings. The number of imidazole rings is 1. The number of benzene rings is 1. The van der Waals surface area contributed by atoms with Gasteiger partial charge in [0.2, 0.25) is 5.16 Å². The van der Waals surface area contributed by atoms with Crippen molar-refractivity contribution in [1.82, 2.24) is 19.5 Å². The van der Waals surface area contributed by atoms with Gasteiger partial charge in [0.05, 0.1) is 6.54 Å². The lowest BCUT2D eigenvalue weighted by atomic mass is 10.2. The van der Waals surface area contributed by atoms with Crippen molar-refractivity contribution < 1.29 is 4.39 Å². The van der Waals surface area contributed by atoms with E-state index in [2.05, 4.69) is 15.0 Å². The fourth-order valence-corrected chi connectivity index (χ4v) is 3.66. The standard InChI is InChI=1S/C15H16ClFN6OS/c16-6-1-7-25(19)14-21-12(18)11-13(22-14)23(15(24)20-11)8-9-2-4-10(17)5-3-9/h2-5,19H,1,6-8H2,(H,20,24)(H2,18,21,22). The molecule has 1 unspecified atom stereocenters. The van der Waals surface area contributed by atoms with Gasteiger partial charge >= 0.3 is 5.69 Å². The number of hydrogen-bond donors (Lipinski definition) is 3. The summed E-state index contributed by atoms with van der Waals surface area (Å²) in [5.74, 6) is 0.771. The van der Waals surface area contributed by atoms with E-state index in [0.717, 1.165) is 5.56 Å². The number of fused-ring (bicyclic) bond motifs is 1. The van der Waals surface area contributed by atoms with Gasteiger partial charge in [-0.05, 0) is 34.8 Å². The number of aromatic nitrogens is 4. The fraction of sp³-hybridized carbons (Fsp3) is 0.267. The minimum atomic E-state index is -0.964. The number of nitrogens with two attached hydrogens (primary N) is 1. The molecule has 0 aliphatic heterocycles. The van der Waals surface area contributed by atoms with E-state index < -0.39 is 10.7 Å². The van der Waals surface area contributed by atoms with Crippen molar-refractivity contribution in [3.8, 4) is 0 Å². The van der Waals surface area contributed by atoms with Crippen LogP contribution in [-0.4, -0.2) is 31.2 Å². The Morgan fingerprint density at radius 1 is 1.32 bits per heavy atom. The van der Waals surface area contributed by atoms with Crippen molar-refractivity contribution in [2.75, 3.05) is 17.4 Å². The van der Waals surface area contributed by atoms with Gasteiger partial charge in [-0.15, -0.1) is 11.6 Å². The maximum Gasteiger partial charge on any atom is 0.328 e. The second-order valence-corrected chi connectivity index (χ2v) is 7.30. The molecule has 132 valence electrons. The van der Waals surface area contributed by atoms with Crippen molar-refractivity contribution in [3.05, 3.63) is 46.1 Å². The first-order chi connectivity index (χ1) is 12.0. The predicted molar refractivity (Wildman–Crippen MR) is 96.6 cm³/mol. The third-order valence-electron chi connectivity index (χ3n) is 3.59. The summed E-state index contributed by atoms with van der Waals surface area (Å²) in [4.78, 5) is 23.4. The predicted octanol–water partition coefficient (Wildman–Crippen LogP) is 2.26. The summed E-state index contributed by atoms with van der Waals surface area (Å²) in [6, 6.07) is 5.86. The summed E-state index contributed by atoms with van der Waals surface area (Å²) in [7, 11) is -0.964. The Bertz CT molecular complexity index is 984. The summed E-state index contributed by atoms with van der Waals surface area (Å²) >= 11 is 5.67. The number of halogens is 2. The zero-order valence-electron chi connectivity index (χ0n) is 13.1.